The van der Waals surface area contributed by atoms with Crippen LogP contribution in [0.25, 0.3) is 0 Å². The Balaban J connectivity index is 1.95. The minimum Gasteiger partial charge on any atom is -0.453 e. The van der Waals surface area contributed by atoms with Gasteiger partial charge in [-0.2, -0.15) is 13.2 Å². The number of hydrogen-bond acceptors (Lipinski definition) is 3. The van der Waals surface area contributed by atoms with Gasteiger partial charge in [0.05, 0.1) is 12.1 Å². The van der Waals surface area contributed by atoms with Crippen molar-refractivity contribution in [2.75, 3.05) is 18.9 Å². The van der Waals surface area contributed by atoms with Gasteiger partial charge in [-0.25, -0.2) is 18.6 Å². The maximum atomic E-state index is 13.5. The smallest absolute Gasteiger partial charge is 0.393 e. The lowest BCUT2D eigenvalue weighted by Gasteiger charge is -2.23. The Labute approximate surface area is 151 Å². The maximum Gasteiger partial charge on any atom is 0.393 e. The average Bonchev–Trinajstić information content (AvgIpc) is 2.58. The number of rotatable bonds is 5. The number of amides is 2. The van der Waals surface area contributed by atoms with Gasteiger partial charge in [0.25, 0.3) is 0 Å². The monoisotopic (exact) mass is 389 g/mol. The lowest BCUT2D eigenvalue weighted by atomic mass is 10.1. The number of aromatic nitrogens is 1. The number of urea groups is 1. The molecule has 0 aliphatic heterocycles. The molecule has 10 heteroatoms. The van der Waals surface area contributed by atoms with Crippen LogP contribution in [0.2, 0.25) is 0 Å². The summed E-state index contributed by atoms with van der Waals surface area (Å²) in [6.07, 6.45) is -3.22. The molecule has 2 aromatic rings. The number of anilines is 1. The number of benzene rings is 1. The van der Waals surface area contributed by atoms with Crippen LogP contribution in [0.1, 0.15) is 6.92 Å². The van der Waals surface area contributed by atoms with Crippen molar-refractivity contribution >= 4 is 11.8 Å². The van der Waals surface area contributed by atoms with Crippen molar-refractivity contribution in [2.24, 2.45) is 5.92 Å². The van der Waals surface area contributed by atoms with Gasteiger partial charge in [0, 0.05) is 19.7 Å². The summed E-state index contributed by atoms with van der Waals surface area (Å²) < 4.78 is 69.2. The molecule has 2 rings (SSSR count). The fourth-order valence-corrected chi connectivity index (χ4v) is 2.00. The van der Waals surface area contributed by atoms with Crippen LogP contribution in [0.5, 0.6) is 11.5 Å². The van der Waals surface area contributed by atoms with Gasteiger partial charge in [-0.15, -0.1) is 0 Å². The van der Waals surface area contributed by atoms with E-state index in [0.29, 0.717) is 6.07 Å². The zero-order valence-corrected chi connectivity index (χ0v) is 14.3. The van der Waals surface area contributed by atoms with Crippen LogP contribution in [0, 0.1) is 17.6 Å². The molecule has 0 aliphatic rings. The van der Waals surface area contributed by atoms with E-state index in [-0.39, 0.29) is 17.3 Å². The van der Waals surface area contributed by atoms with Crippen LogP contribution in [0.15, 0.2) is 36.5 Å². The topological polar surface area (TPSA) is 54.5 Å². The molecule has 27 heavy (non-hydrogen) atoms. The highest BCUT2D eigenvalue weighted by atomic mass is 19.4. The van der Waals surface area contributed by atoms with Gasteiger partial charge in [-0.05, 0) is 24.3 Å². The van der Waals surface area contributed by atoms with Gasteiger partial charge in [-0.3, -0.25) is 5.32 Å². The number of hydrogen-bond donors (Lipinski definition) is 1. The Kier molecular flexibility index (Phi) is 6.19. The molecule has 0 bridgehead atoms. The number of nitrogens with one attached hydrogen (secondary N) is 1. The van der Waals surface area contributed by atoms with E-state index in [4.69, 9.17) is 4.74 Å². The molecule has 0 unspecified atom stereocenters. The van der Waals surface area contributed by atoms with Gasteiger partial charge >= 0.3 is 12.2 Å². The molecule has 1 atom stereocenters. The molecule has 0 radical (unpaired) electrons. The SMILES string of the molecule is C[C@@H](CN(C)C(=O)Nc1ccc(Oc2ccc(F)cc2F)cn1)C(F)(F)F. The van der Waals surface area contributed by atoms with Crippen LogP contribution in [0.4, 0.5) is 32.6 Å². The van der Waals surface area contributed by atoms with Crippen LogP contribution in [-0.2, 0) is 0 Å². The normalized spacial score (nSPS) is 12.4. The Morgan fingerprint density at radius 3 is 2.52 bits per heavy atom. The predicted octanol–water partition coefficient (Wildman–Crippen LogP) is 4.81. The molecular weight excluding hydrogens is 373 g/mol. The first kappa shape index (κ1) is 20.4. The summed E-state index contributed by atoms with van der Waals surface area (Å²) >= 11 is 0. The summed E-state index contributed by atoms with van der Waals surface area (Å²) in [5, 5.41) is 2.34. The lowest BCUT2D eigenvalue weighted by molar-refractivity contribution is -0.171. The van der Waals surface area contributed by atoms with E-state index in [1.807, 2.05) is 0 Å². The quantitative estimate of drug-likeness (QED) is 0.747. The predicted molar refractivity (Wildman–Crippen MR) is 87.5 cm³/mol. The number of halogens is 5. The average molecular weight is 389 g/mol. The zero-order valence-electron chi connectivity index (χ0n) is 14.3. The van der Waals surface area contributed by atoms with E-state index < -0.39 is 36.3 Å². The first-order chi connectivity index (χ1) is 12.6. The second-order valence-corrected chi connectivity index (χ2v) is 5.81. The molecule has 0 fully saturated rings. The molecular formula is C17H16F5N3O2. The Bertz CT molecular complexity index is 796. The van der Waals surface area contributed by atoms with Gasteiger partial charge in [0.1, 0.15) is 17.4 Å². The molecule has 1 aromatic heterocycles. The standard InChI is InChI=1S/C17H16F5N3O2/c1-10(17(20,21)22)9-25(2)16(26)24-15-6-4-12(8-23-15)27-14-5-3-11(18)7-13(14)19/h3-8,10H,9H2,1-2H3,(H,23,24,26)/t10-/m0/s1. The van der Waals surface area contributed by atoms with E-state index in [1.54, 1.807) is 0 Å². The Morgan fingerprint density at radius 2 is 1.96 bits per heavy atom. The third kappa shape index (κ3) is 5.80. The molecule has 0 saturated heterocycles. The number of ether oxygens (including phenoxy) is 1. The fourth-order valence-electron chi connectivity index (χ4n) is 2.00. The van der Waals surface area contributed by atoms with Crippen LogP contribution in [-0.4, -0.2) is 35.7 Å². The van der Waals surface area contributed by atoms with E-state index in [0.717, 1.165) is 24.0 Å². The van der Waals surface area contributed by atoms with Crippen molar-refractivity contribution in [3.63, 3.8) is 0 Å². The Morgan fingerprint density at radius 1 is 1.26 bits per heavy atom. The summed E-state index contributed by atoms with van der Waals surface area (Å²) in [6, 6.07) is 4.72. The molecule has 5 nitrogen and oxygen atoms in total. The summed E-state index contributed by atoms with van der Waals surface area (Å²) in [5.74, 6) is -3.35. The molecule has 1 heterocycles. The van der Waals surface area contributed by atoms with E-state index in [1.165, 1.54) is 25.4 Å². The third-order valence-corrected chi connectivity index (χ3v) is 3.55. The van der Waals surface area contributed by atoms with Gasteiger partial charge < -0.3 is 9.64 Å². The number of pyridine rings is 1. The van der Waals surface area contributed by atoms with Crippen molar-refractivity contribution in [3.8, 4) is 11.5 Å². The van der Waals surface area contributed by atoms with Crippen LogP contribution < -0.4 is 10.1 Å². The minimum absolute atomic E-state index is 0.0680. The third-order valence-electron chi connectivity index (χ3n) is 3.55. The van der Waals surface area contributed by atoms with E-state index in [2.05, 4.69) is 10.3 Å². The maximum absolute atomic E-state index is 13.5. The molecule has 1 N–H and O–H groups in total. The molecule has 0 aliphatic carbocycles. The van der Waals surface area contributed by atoms with E-state index >= 15 is 0 Å². The number of carbonyl (C=O) groups excluding carboxylic acids is 1. The second-order valence-electron chi connectivity index (χ2n) is 5.81. The largest absolute Gasteiger partial charge is 0.453 e. The molecule has 0 saturated carbocycles. The lowest BCUT2D eigenvalue weighted by Crippen LogP contribution is -2.38. The van der Waals surface area contributed by atoms with Crippen molar-refractivity contribution < 1.29 is 31.5 Å². The highest BCUT2D eigenvalue weighted by molar-refractivity contribution is 5.88. The van der Waals surface area contributed by atoms with Crippen LogP contribution >= 0.6 is 0 Å². The van der Waals surface area contributed by atoms with Crippen molar-refractivity contribution in [1.82, 2.24) is 9.88 Å². The second kappa shape index (κ2) is 8.19. The minimum atomic E-state index is -4.40. The van der Waals surface area contributed by atoms with Crippen molar-refractivity contribution in [2.45, 2.75) is 13.1 Å². The molecule has 0 spiro atoms. The van der Waals surface area contributed by atoms with Crippen molar-refractivity contribution in [1.29, 1.82) is 0 Å². The summed E-state index contributed by atoms with van der Waals surface area (Å²) in [6.45, 7) is 0.461. The highest BCUT2D eigenvalue weighted by Gasteiger charge is 2.37. The summed E-state index contributed by atoms with van der Waals surface area (Å²) in [4.78, 5) is 16.7. The first-order valence-corrected chi connectivity index (χ1v) is 7.74. The number of nitrogens with zero attached hydrogens (tertiary/aromatic N) is 2. The van der Waals surface area contributed by atoms with Gasteiger partial charge in [0.15, 0.2) is 11.6 Å². The molecule has 1 aromatic carbocycles. The summed E-state index contributed by atoms with van der Waals surface area (Å²) in [5.41, 5.74) is 0. The Hall–Kier alpha value is -2.91. The fraction of sp³-hybridized carbons (Fsp3) is 0.294. The summed E-state index contributed by atoms with van der Waals surface area (Å²) in [7, 11) is 1.23. The van der Waals surface area contributed by atoms with Gasteiger partial charge in [0.2, 0.25) is 0 Å². The molecule has 146 valence electrons. The molecule has 2 amide bonds. The number of alkyl halides is 3. The van der Waals surface area contributed by atoms with E-state index in [9.17, 15) is 26.7 Å². The number of carbonyl (C=O) groups is 1. The van der Waals surface area contributed by atoms with Crippen molar-refractivity contribution in [3.05, 3.63) is 48.2 Å². The van der Waals surface area contributed by atoms with Gasteiger partial charge in [-0.1, -0.05) is 6.92 Å². The highest BCUT2D eigenvalue weighted by Crippen LogP contribution is 2.27. The first-order valence-electron chi connectivity index (χ1n) is 7.74. The van der Waals surface area contributed by atoms with Crippen LogP contribution in [0.3, 0.4) is 0 Å². The zero-order chi connectivity index (χ0) is 20.2.